The van der Waals surface area contributed by atoms with E-state index in [4.69, 9.17) is 0 Å². The molecule has 2 rings (SSSR count). The SMILES string of the molecule is CCc1cc(CC)n(-c2ccnc(N(C)C)n2)n1. The monoisotopic (exact) mass is 245 g/mol. The lowest BCUT2D eigenvalue weighted by atomic mass is 10.2. The molecular weight excluding hydrogens is 226 g/mol. The highest BCUT2D eigenvalue weighted by Gasteiger charge is 2.09. The second-order valence-corrected chi connectivity index (χ2v) is 4.36. The fraction of sp³-hybridized carbons (Fsp3) is 0.462. The predicted molar refractivity (Wildman–Crippen MR) is 72.2 cm³/mol. The molecule has 0 radical (unpaired) electrons. The fourth-order valence-corrected chi connectivity index (χ4v) is 1.77. The van der Waals surface area contributed by atoms with Gasteiger partial charge < -0.3 is 4.90 Å². The van der Waals surface area contributed by atoms with Crippen LogP contribution in [0.3, 0.4) is 0 Å². The molecule has 0 unspecified atom stereocenters. The highest BCUT2D eigenvalue weighted by Crippen LogP contribution is 2.13. The molecule has 0 aromatic carbocycles. The van der Waals surface area contributed by atoms with Crippen LogP contribution in [0, 0.1) is 0 Å². The number of aromatic nitrogens is 4. The minimum atomic E-state index is 0.697. The molecule has 0 atom stereocenters. The Balaban J connectivity index is 2.47. The highest BCUT2D eigenvalue weighted by molar-refractivity contribution is 5.34. The van der Waals surface area contributed by atoms with E-state index < -0.39 is 0 Å². The molecule has 5 nitrogen and oxygen atoms in total. The first-order chi connectivity index (χ1) is 8.65. The Morgan fingerprint density at radius 3 is 2.61 bits per heavy atom. The third kappa shape index (κ3) is 2.34. The molecule has 18 heavy (non-hydrogen) atoms. The fourth-order valence-electron chi connectivity index (χ4n) is 1.77. The van der Waals surface area contributed by atoms with Gasteiger partial charge in [0.05, 0.1) is 5.69 Å². The maximum atomic E-state index is 4.58. The lowest BCUT2D eigenvalue weighted by Gasteiger charge is -2.11. The third-order valence-corrected chi connectivity index (χ3v) is 2.80. The standard InChI is InChI=1S/C13H19N5/c1-5-10-9-11(6-2)18(16-10)12-7-8-14-13(15-12)17(3)4/h7-9H,5-6H2,1-4H3. The molecule has 2 heterocycles. The number of hydrogen-bond donors (Lipinski definition) is 0. The van der Waals surface area contributed by atoms with Gasteiger partial charge in [0.25, 0.3) is 0 Å². The number of aryl methyl sites for hydroxylation is 2. The molecule has 2 aromatic heterocycles. The van der Waals surface area contributed by atoms with E-state index in [0.29, 0.717) is 5.95 Å². The van der Waals surface area contributed by atoms with Crippen molar-refractivity contribution >= 4 is 5.95 Å². The second kappa shape index (κ2) is 5.16. The van der Waals surface area contributed by atoms with Gasteiger partial charge in [0.1, 0.15) is 0 Å². The van der Waals surface area contributed by atoms with E-state index >= 15 is 0 Å². The Bertz CT molecular complexity index is 530. The van der Waals surface area contributed by atoms with Gasteiger partial charge in [-0.25, -0.2) is 9.67 Å². The van der Waals surface area contributed by atoms with E-state index in [1.165, 1.54) is 5.69 Å². The van der Waals surface area contributed by atoms with E-state index in [9.17, 15) is 0 Å². The summed E-state index contributed by atoms with van der Waals surface area (Å²) in [7, 11) is 3.86. The number of hydrogen-bond acceptors (Lipinski definition) is 4. The average Bonchev–Trinajstić information content (AvgIpc) is 2.82. The summed E-state index contributed by atoms with van der Waals surface area (Å²) in [6.07, 6.45) is 3.64. The van der Waals surface area contributed by atoms with Crippen LogP contribution in [0.2, 0.25) is 0 Å². The van der Waals surface area contributed by atoms with Crippen molar-refractivity contribution in [2.75, 3.05) is 19.0 Å². The second-order valence-electron chi connectivity index (χ2n) is 4.36. The van der Waals surface area contributed by atoms with Crippen LogP contribution in [0.25, 0.3) is 5.82 Å². The Kier molecular flexibility index (Phi) is 3.60. The first-order valence-corrected chi connectivity index (χ1v) is 6.24. The summed E-state index contributed by atoms with van der Waals surface area (Å²) in [5.74, 6) is 1.52. The molecule has 0 bridgehead atoms. The van der Waals surface area contributed by atoms with Crippen molar-refractivity contribution < 1.29 is 0 Å². The van der Waals surface area contributed by atoms with Crippen LogP contribution in [0.1, 0.15) is 25.2 Å². The smallest absolute Gasteiger partial charge is 0.226 e. The van der Waals surface area contributed by atoms with Crippen molar-refractivity contribution in [3.63, 3.8) is 0 Å². The molecule has 0 saturated heterocycles. The quantitative estimate of drug-likeness (QED) is 0.824. The maximum absolute atomic E-state index is 4.58. The van der Waals surface area contributed by atoms with Crippen LogP contribution in [-0.2, 0) is 12.8 Å². The van der Waals surface area contributed by atoms with Crippen LogP contribution < -0.4 is 4.90 Å². The van der Waals surface area contributed by atoms with Gasteiger partial charge in [0, 0.05) is 32.1 Å². The van der Waals surface area contributed by atoms with Crippen molar-refractivity contribution in [3.8, 4) is 5.82 Å². The van der Waals surface area contributed by atoms with Crippen LogP contribution in [0.15, 0.2) is 18.3 Å². The Labute approximate surface area is 107 Å². The van der Waals surface area contributed by atoms with E-state index in [1.807, 2.05) is 29.7 Å². The summed E-state index contributed by atoms with van der Waals surface area (Å²) in [6.45, 7) is 4.23. The largest absolute Gasteiger partial charge is 0.347 e. The third-order valence-electron chi connectivity index (χ3n) is 2.80. The van der Waals surface area contributed by atoms with Gasteiger partial charge in [-0.2, -0.15) is 10.1 Å². The summed E-state index contributed by atoms with van der Waals surface area (Å²) in [5.41, 5.74) is 2.27. The predicted octanol–water partition coefficient (Wildman–Crippen LogP) is 1.85. The summed E-state index contributed by atoms with van der Waals surface area (Å²) < 4.78 is 1.91. The van der Waals surface area contributed by atoms with Gasteiger partial charge in [-0.3, -0.25) is 0 Å². The average molecular weight is 245 g/mol. The van der Waals surface area contributed by atoms with Crippen molar-refractivity contribution in [1.82, 2.24) is 19.7 Å². The minimum Gasteiger partial charge on any atom is -0.347 e. The zero-order valence-electron chi connectivity index (χ0n) is 11.4. The van der Waals surface area contributed by atoms with Gasteiger partial charge in [-0.15, -0.1) is 0 Å². The molecule has 0 N–H and O–H groups in total. The van der Waals surface area contributed by atoms with Crippen molar-refractivity contribution in [2.45, 2.75) is 26.7 Å². The van der Waals surface area contributed by atoms with Gasteiger partial charge in [-0.1, -0.05) is 13.8 Å². The topological polar surface area (TPSA) is 46.8 Å². The number of rotatable bonds is 4. The molecule has 0 amide bonds. The maximum Gasteiger partial charge on any atom is 0.226 e. The molecule has 0 spiro atoms. The first kappa shape index (κ1) is 12.5. The Morgan fingerprint density at radius 1 is 1.22 bits per heavy atom. The van der Waals surface area contributed by atoms with E-state index in [0.717, 1.165) is 24.4 Å². The van der Waals surface area contributed by atoms with E-state index in [-0.39, 0.29) is 0 Å². The molecule has 0 fully saturated rings. The Morgan fingerprint density at radius 2 is 2.00 bits per heavy atom. The van der Waals surface area contributed by atoms with Gasteiger partial charge in [0.2, 0.25) is 5.95 Å². The molecule has 5 heteroatoms. The Hall–Kier alpha value is -1.91. The molecule has 0 aliphatic heterocycles. The molecule has 96 valence electrons. The summed E-state index contributed by atoms with van der Waals surface area (Å²) in [6, 6.07) is 4.02. The lowest BCUT2D eigenvalue weighted by Crippen LogP contribution is -2.14. The number of nitrogens with zero attached hydrogens (tertiary/aromatic N) is 5. The van der Waals surface area contributed by atoms with Gasteiger partial charge >= 0.3 is 0 Å². The summed E-state index contributed by atoms with van der Waals surface area (Å²) in [5, 5.41) is 4.58. The van der Waals surface area contributed by atoms with Gasteiger partial charge in [-0.05, 0) is 18.9 Å². The van der Waals surface area contributed by atoms with Crippen molar-refractivity contribution in [3.05, 3.63) is 29.7 Å². The van der Waals surface area contributed by atoms with E-state index in [2.05, 4.69) is 35.0 Å². The highest BCUT2D eigenvalue weighted by atomic mass is 15.3. The molecule has 0 aliphatic rings. The van der Waals surface area contributed by atoms with Crippen LogP contribution in [-0.4, -0.2) is 33.8 Å². The molecule has 0 saturated carbocycles. The van der Waals surface area contributed by atoms with E-state index in [1.54, 1.807) is 6.20 Å². The van der Waals surface area contributed by atoms with Gasteiger partial charge in [0.15, 0.2) is 5.82 Å². The van der Waals surface area contributed by atoms with Crippen LogP contribution >= 0.6 is 0 Å². The summed E-state index contributed by atoms with van der Waals surface area (Å²) >= 11 is 0. The van der Waals surface area contributed by atoms with Crippen molar-refractivity contribution in [1.29, 1.82) is 0 Å². The lowest BCUT2D eigenvalue weighted by molar-refractivity contribution is 0.766. The molecule has 0 aliphatic carbocycles. The minimum absolute atomic E-state index is 0.697. The zero-order chi connectivity index (χ0) is 13.1. The van der Waals surface area contributed by atoms with Crippen LogP contribution in [0.4, 0.5) is 5.95 Å². The zero-order valence-corrected chi connectivity index (χ0v) is 11.4. The van der Waals surface area contributed by atoms with Crippen molar-refractivity contribution in [2.24, 2.45) is 0 Å². The summed E-state index contributed by atoms with van der Waals surface area (Å²) in [4.78, 5) is 10.6. The van der Waals surface area contributed by atoms with Crippen LogP contribution in [0.5, 0.6) is 0 Å². The number of anilines is 1. The molecule has 2 aromatic rings. The first-order valence-electron chi connectivity index (χ1n) is 6.24. The normalized spacial score (nSPS) is 10.7. The molecular formula is C13H19N5.